The highest BCUT2D eigenvalue weighted by molar-refractivity contribution is 5.12. The molecule has 1 aliphatic carbocycles. The number of allylic oxidation sites excluding steroid dienone is 5. The molecule has 54 valence electrons. The van der Waals surface area contributed by atoms with E-state index in [0.29, 0.717) is 5.92 Å². The number of hydrogen-bond acceptors (Lipinski definition) is 0. The Bertz CT molecular complexity index is 172. The third-order valence-corrected chi connectivity index (χ3v) is 1.68. The van der Waals surface area contributed by atoms with E-state index in [9.17, 15) is 0 Å². The van der Waals surface area contributed by atoms with Gasteiger partial charge in [0, 0.05) is 0 Å². The van der Waals surface area contributed by atoms with Crippen LogP contribution in [0.3, 0.4) is 0 Å². The van der Waals surface area contributed by atoms with Crippen LogP contribution in [0.2, 0.25) is 0 Å². The molecule has 0 aromatic carbocycles. The highest BCUT2D eigenvalue weighted by Gasteiger charge is 2.03. The van der Waals surface area contributed by atoms with Crippen molar-refractivity contribution in [2.24, 2.45) is 5.92 Å². The number of rotatable bonds is 2. The normalized spacial score (nSPS) is 23.1. The van der Waals surface area contributed by atoms with E-state index >= 15 is 0 Å². The van der Waals surface area contributed by atoms with Gasteiger partial charge in [0.05, 0.1) is 0 Å². The topological polar surface area (TPSA) is 0 Å². The van der Waals surface area contributed by atoms with Gasteiger partial charge in [-0.15, -0.1) is 6.58 Å². The Kier molecular flexibility index (Phi) is 2.49. The molecule has 0 N–H and O–H groups in total. The van der Waals surface area contributed by atoms with Crippen LogP contribution in [0.1, 0.15) is 19.8 Å². The van der Waals surface area contributed by atoms with Crippen LogP contribution in [-0.4, -0.2) is 0 Å². The summed E-state index contributed by atoms with van der Waals surface area (Å²) in [5.74, 6) is 0.711. The van der Waals surface area contributed by atoms with Crippen molar-refractivity contribution >= 4 is 0 Å². The first-order valence-corrected chi connectivity index (χ1v) is 3.77. The first kappa shape index (κ1) is 7.33. The molecule has 0 spiro atoms. The lowest BCUT2D eigenvalue weighted by Crippen LogP contribution is -1.96. The van der Waals surface area contributed by atoms with E-state index in [1.165, 1.54) is 12.0 Å². The molecular formula is C10H14. The van der Waals surface area contributed by atoms with Crippen LogP contribution in [0.5, 0.6) is 0 Å². The molecule has 0 nitrogen and oxygen atoms in total. The van der Waals surface area contributed by atoms with E-state index in [1.54, 1.807) is 0 Å². The second kappa shape index (κ2) is 3.40. The van der Waals surface area contributed by atoms with Crippen molar-refractivity contribution in [3.05, 3.63) is 36.5 Å². The van der Waals surface area contributed by atoms with Crippen molar-refractivity contribution in [2.75, 3.05) is 0 Å². The predicted molar refractivity (Wildman–Crippen MR) is 45.8 cm³/mol. The van der Waals surface area contributed by atoms with Crippen LogP contribution in [0.4, 0.5) is 0 Å². The predicted octanol–water partition coefficient (Wildman–Crippen LogP) is 3.08. The van der Waals surface area contributed by atoms with E-state index in [1.807, 2.05) is 0 Å². The van der Waals surface area contributed by atoms with Gasteiger partial charge in [0.15, 0.2) is 0 Å². The Morgan fingerprint density at radius 3 is 2.90 bits per heavy atom. The second-order valence-corrected chi connectivity index (χ2v) is 2.97. The molecule has 0 bridgehead atoms. The maximum absolute atomic E-state index is 3.89. The molecule has 0 aromatic rings. The Morgan fingerprint density at radius 2 is 2.40 bits per heavy atom. The van der Waals surface area contributed by atoms with E-state index in [2.05, 4.69) is 37.8 Å². The molecule has 0 amide bonds. The smallest absolute Gasteiger partial charge is 0.0159 e. The quantitative estimate of drug-likeness (QED) is 0.509. The maximum Gasteiger partial charge on any atom is -0.0159 e. The lowest BCUT2D eigenvalue weighted by Gasteiger charge is -2.11. The molecule has 0 saturated heterocycles. The zero-order valence-corrected chi connectivity index (χ0v) is 6.51. The van der Waals surface area contributed by atoms with Gasteiger partial charge in [-0.2, -0.15) is 0 Å². The molecule has 0 heteroatoms. The average molecular weight is 134 g/mol. The van der Waals surface area contributed by atoms with Crippen LogP contribution in [0, 0.1) is 5.92 Å². The van der Waals surface area contributed by atoms with Gasteiger partial charge in [-0.3, -0.25) is 0 Å². The summed E-state index contributed by atoms with van der Waals surface area (Å²) in [4.78, 5) is 0. The van der Waals surface area contributed by atoms with Crippen LogP contribution >= 0.6 is 0 Å². The van der Waals surface area contributed by atoms with Crippen molar-refractivity contribution in [2.45, 2.75) is 19.8 Å². The van der Waals surface area contributed by atoms with Crippen molar-refractivity contribution in [3.8, 4) is 0 Å². The van der Waals surface area contributed by atoms with Gasteiger partial charge in [-0.05, 0) is 25.7 Å². The molecule has 10 heavy (non-hydrogen) atoms. The van der Waals surface area contributed by atoms with Gasteiger partial charge in [0.1, 0.15) is 0 Å². The van der Waals surface area contributed by atoms with Gasteiger partial charge < -0.3 is 0 Å². The average Bonchev–Trinajstić information content (AvgIpc) is 1.88. The van der Waals surface area contributed by atoms with E-state index < -0.39 is 0 Å². The Balaban J connectivity index is 2.37. The van der Waals surface area contributed by atoms with Crippen molar-refractivity contribution in [3.63, 3.8) is 0 Å². The van der Waals surface area contributed by atoms with Crippen LogP contribution < -0.4 is 0 Å². The summed E-state index contributed by atoms with van der Waals surface area (Å²) in [6.07, 6.45) is 11.0. The summed E-state index contributed by atoms with van der Waals surface area (Å²) in [7, 11) is 0. The monoisotopic (exact) mass is 134 g/mol. The molecule has 1 unspecified atom stereocenters. The summed E-state index contributed by atoms with van der Waals surface area (Å²) < 4.78 is 0. The van der Waals surface area contributed by atoms with Gasteiger partial charge in [-0.25, -0.2) is 0 Å². The zero-order valence-electron chi connectivity index (χ0n) is 6.51. The summed E-state index contributed by atoms with van der Waals surface area (Å²) in [5, 5.41) is 0. The molecule has 1 atom stereocenters. The lowest BCUT2D eigenvalue weighted by atomic mass is 9.94. The Labute approximate surface area is 62.9 Å². The molecule has 1 rings (SSSR count). The third-order valence-electron chi connectivity index (χ3n) is 1.68. The van der Waals surface area contributed by atoms with Crippen molar-refractivity contribution in [1.29, 1.82) is 0 Å². The van der Waals surface area contributed by atoms with Gasteiger partial charge >= 0.3 is 0 Å². The van der Waals surface area contributed by atoms with Gasteiger partial charge in [0.2, 0.25) is 0 Å². The summed E-state index contributed by atoms with van der Waals surface area (Å²) in [6, 6.07) is 0. The Morgan fingerprint density at radius 1 is 1.60 bits per heavy atom. The van der Waals surface area contributed by atoms with Crippen molar-refractivity contribution < 1.29 is 0 Å². The fraction of sp³-hybridized carbons (Fsp3) is 0.400. The second-order valence-electron chi connectivity index (χ2n) is 2.97. The van der Waals surface area contributed by atoms with Gasteiger partial charge in [-0.1, -0.05) is 29.9 Å². The van der Waals surface area contributed by atoms with E-state index in [-0.39, 0.29) is 0 Å². The molecule has 0 fully saturated rings. The molecule has 0 aromatic heterocycles. The SMILES string of the molecule is C=C(C)CC1C=CC=CC1. The molecule has 0 heterocycles. The standard InChI is InChI=1S/C10H14/c1-9(2)8-10-6-4-3-5-7-10/h3-6,10H,1,7-8H2,2H3. The summed E-state index contributed by atoms with van der Waals surface area (Å²) in [5.41, 5.74) is 1.28. The molecule has 0 aliphatic heterocycles. The highest BCUT2D eigenvalue weighted by Crippen LogP contribution is 2.18. The molecule has 1 aliphatic rings. The first-order valence-electron chi connectivity index (χ1n) is 3.77. The summed E-state index contributed by atoms with van der Waals surface area (Å²) >= 11 is 0. The van der Waals surface area contributed by atoms with Crippen LogP contribution in [0.25, 0.3) is 0 Å². The molecule has 0 saturated carbocycles. The third kappa shape index (κ3) is 2.22. The molecule has 0 radical (unpaired) electrons. The van der Waals surface area contributed by atoms with E-state index in [4.69, 9.17) is 0 Å². The maximum atomic E-state index is 3.89. The minimum atomic E-state index is 0.711. The Hall–Kier alpha value is -0.780. The largest absolute Gasteiger partial charge is 0.100 e. The number of hydrogen-bond donors (Lipinski definition) is 0. The van der Waals surface area contributed by atoms with E-state index in [0.717, 1.165) is 6.42 Å². The zero-order chi connectivity index (χ0) is 7.40. The lowest BCUT2D eigenvalue weighted by molar-refractivity contribution is 0.650. The summed E-state index contributed by atoms with van der Waals surface area (Å²) in [6.45, 7) is 5.98. The minimum Gasteiger partial charge on any atom is -0.100 e. The highest BCUT2D eigenvalue weighted by atomic mass is 14.1. The van der Waals surface area contributed by atoms with Crippen LogP contribution in [0.15, 0.2) is 36.5 Å². The van der Waals surface area contributed by atoms with Crippen molar-refractivity contribution in [1.82, 2.24) is 0 Å². The van der Waals surface area contributed by atoms with Crippen LogP contribution in [-0.2, 0) is 0 Å². The minimum absolute atomic E-state index is 0.711. The fourth-order valence-corrected chi connectivity index (χ4v) is 1.23. The molecular weight excluding hydrogens is 120 g/mol. The fourth-order valence-electron chi connectivity index (χ4n) is 1.23. The first-order chi connectivity index (χ1) is 4.79. The van der Waals surface area contributed by atoms with Gasteiger partial charge in [0.25, 0.3) is 0 Å².